The molecular formula is C53H35N3. The average molecular weight is 714 g/mol. The van der Waals surface area contributed by atoms with Gasteiger partial charge in [0.1, 0.15) is 0 Å². The molecule has 56 heavy (non-hydrogen) atoms. The van der Waals surface area contributed by atoms with Gasteiger partial charge in [-0.3, -0.25) is 0 Å². The molecule has 9 aromatic rings. The first-order valence-corrected chi connectivity index (χ1v) is 19.4. The van der Waals surface area contributed by atoms with Gasteiger partial charge in [-0.1, -0.05) is 140 Å². The predicted molar refractivity (Wildman–Crippen MR) is 234 cm³/mol. The molecule has 0 spiro atoms. The normalized spacial score (nSPS) is 13.1. The average Bonchev–Trinajstić information content (AvgIpc) is 3.71. The van der Waals surface area contributed by atoms with Gasteiger partial charge < -0.3 is 14.4 Å². The maximum absolute atomic E-state index is 2.49. The lowest BCUT2D eigenvalue weighted by Crippen LogP contribution is -2.14. The Morgan fingerprint density at radius 3 is 1.79 bits per heavy atom. The van der Waals surface area contributed by atoms with E-state index in [0.717, 1.165) is 34.9 Å². The quantitative estimate of drug-likeness (QED) is 0.181. The summed E-state index contributed by atoms with van der Waals surface area (Å²) in [6.45, 7) is 0. The molecule has 0 saturated heterocycles. The second-order valence-electron chi connectivity index (χ2n) is 14.9. The van der Waals surface area contributed by atoms with Crippen molar-refractivity contribution in [1.29, 1.82) is 0 Å². The highest BCUT2D eigenvalue weighted by Gasteiger charge is 2.32. The monoisotopic (exact) mass is 713 g/mol. The number of aromatic nitrogens is 1. The van der Waals surface area contributed by atoms with Crippen molar-refractivity contribution in [3.63, 3.8) is 0 Å². The number of fused-ring (bicyclic) bond motifs is 13. The molecule has 262 valence electrons. The molecule has 1 aromatic heterocycles. The lowest BCUT2D eigenvalue weighted by atomic mass is 9.98. The zero-order valence-corrected chi connectivity index (χ0v) is 30.6. The van der Waals surface area contributed by atoms with Gasteiger partial charge in [-0.15, -0.1) is 0 Å². The van der Waals surface area contributed by atoms with Crippen molar-refractivity contribution in [2.45, 2.75) is 6.42 Å². The minimum Gasteiger partial charge on any atom is -0.309 e. The van der Waals surface area contributed by atoms with Gasteiger partial charge in [0.15, 0.2) is 0 Å². The largest absolute Gasteiger partial charge is 0.309 e. The Balaban J connectivity index is 1.07. The third-order valence-corrected chi connectivity index (χ3v) is 11.9. The SMILES string of the molecule is C1=Cc2ccc3c(c2N(c2ccc(N4c5ccccc5-c5c(n(-c6ccccc6)c6ccccc56)-c5ccccc54)cc2)c2ccccc21)-c1ccccc1C3. The smallest absolute Gasteiger partial charge is 0.0641 e. The van der Waals surface area contributed by atoms with Crippen LogP contribution in [0.2, 0.25) is 0 Å². The molecule has 8 aromatic carbocycles. The predicted octanol–water partition coefficient (Wildman–Crippen LogP) is 14.3. The Labute approximate surface area is 326 Å². The summed E-state index contributed by atoms with van der Waals surface area (Å²) >= 11 is 0. The zero-order valence-electron chi connectivity index (χ0n) is 30.6. The van der Waals surface area contributed by atoms with E-state index in [0.29, 0.717) is 0 Å². The Morgan fingerprint density at radius 2 is 0.964 bits per heavy atom. The molecule has 3 aliphatic rings. The van der Waals surface area contributed by atoms with Gasteiger partial charge in [-0.25, -0.2) is 0 Å². The van der Waals surface area contributed by atoms with Crippen molar-refractivity contribution >= 4 is 57.2 Å². The first-order chi connectivity index (χ1) is 27.8. The summed E-state index contributed by atoms with van der Waals surface area (Å²) < 4.78 is 2.45. The molecule has 0 bridgehead atoms. The molecule has 0 fully saturated rings. The van der Waals surface area contributed by atoms with Crippen molar-refractivity contribution in [1.82, 2.24) is 4.57 Å². The first-order valence-electron chi connectivity index (χ1n) is 19.4. The summed E-state index contributed by atoms with van der Waals surface area (Å²) in [5, 5.41) is 1.24. The van der Waals surface area contributed by atoms with E-state index in [2.05, 4.69) is 215 Å². The van der Waals surface area contributed by atoms with Crippen LogP contribution in [-0.2, 0) is 6.42 Å². The molecule has 0 saturated carbocycles. The van der Waals surface area contributed by atoms with Crippen molar-refractivity contribution in [3.8, 4) is 39.2 Å². The molecule has 12 rings (SSSR count). The summed E-state index contributed by atoms with van der Waals surface area (Å²) in [6.07, 6.45) is 5.51. The highest BCUT2D eigenvalue weighted by molar-refractivity contribution is 6.13. The Morgan fingerprint density at radius 1 is 0.357 bits per heavy atom. The standard InChI is InChI=1S/C53H35N3/c1-2-16-39(17-3-1)56-48-24-12-8-20-44(48)51-43-19-7-11-23-47(43)54(49-25-13-9-21-45(49)53(51)56)40-30-32-41(33-31-40)55-46-22-10-5-14-35(46)26-27-36-28-29-38-34-37-15-4-6-18-42(37)50(38)52(36)55/h1-33H,34H2. The van der Waals surface area contributed by atoms with E-state index >= 15 is 0 Å². The van der Waals surface area contributed by atoms with Gasteiger partial charge in [0.05, 0.1) is 34.0 Å². The maximum atomic E-state index is 2.49. The van der Waals surface area contributed by atoms with E-state index in [-0.39, 0.29) is 0 Å². The molecular weight excluding hydrogens is 679 g/mol. The summed E-state index contributed by atoms with van der Waals surface area (Å²) in [5.74, 6) is 0. The van der Waals surface area contributed by atoms with Crippen molar-refractivity contribution in [2.24, 2.45) is 0 Å². The molecule has 0 unspecified atom stereocenters. The molecule has 0 radical (unpaired) electrons. The van der Waals surface area contributed by atoms with Gasteiger partial charge in [0.2, 0.25) is 0 Å². The van der Waals surface area contributed by atoms with E-state index in [1.807, 2.05) is 0 Å². The molecule has 3 heteroatoms. The fourth-order valence-corrected chi connectivity index (χ4v) is 9.52. The van der Waals surface area contributed by atoms with E-state index in [9.17, 15) is 0 Å². The third-order valence-electron chi connectivity index (χ3n) is 11.9. The Kier molecular flexibility index (Phi) is 6.69. The van der Waals surface area contributed by atoms with Crippen molar-refractivity contribution in [3.05, 3.63) is 210 Å². The van der Waals surface area contributed by atoms with Crippen LogP contribution in [0.25, 0.3) is 62.3 Å². The van der Waals surface area contributed by atoms with Gasteiger partial charge in [0, 0.05) is 44.7 Å². The van der Waals surface area contributed by atoms with E-state index in [4.69, 9.17) is 0 Å². The summed E-state index contributed by atoms with van der Waals surface area (Å²) in [5.41, 5.74) is 22.0. The van der Waals surface area contributed by atoms with Crippen LogP contribution in [0.15, 0.2) is 188 Å². The van der Waals surface area contributed by atoms with E-state index in [1.54, 1.807) is 0 Å². The van der Waals surface area contributed by atoms with Crippen LogP contribution >= 0.6 is 0 Å². The number of benzene rings is 8. The van der Waals surface area contributed by atoms with Crippen LogP contribution < -0.4 is 9.80 Å². The van der Waals surface area contributed by atoms with Gasteiger partial charge in [-0.05, 0) is 94.9 Å². The molecule has 0 N–H and O–H groups in total. The second-order valence-corrected chi connectivity index (χ2v) is 14.9. The van der Waals surface area contributed by atoms with Crippen LogP contribution in [0.3, 0.4) is 0 Å². The van der Waals surface area contributed by atoms with E-state index in [1.165, 1.54) is 78.0 Å². The van der Waals surface area contributed by atoms with Gasteiger partial charge in [-0.2, -0.15) is 0 Å². The molecule has 2 aliphatic heterocycles. The second kappa shape index (κ2) is 12.1. The van der Waals surface area contributed by atoms with E-state index < -0.39 is 0 Å². The highest BCUT2D eigenvalue weighted by Crippen LogP contribution is 2.55. The van der Waals surface area contributed by atoms with Crippen molar-refractivity contribution in [2.75, 3.05) is 9.80 Å². The zero-order chi connectivity index (χ0) is 36.7. The number of para-hydroxylation sites is 5. The molecule has 0 amide bonds. The van der Waals surface area contributed by atoms with Gasteiger partial charge >= 0.3 is 0 Å². The summed E-state index contributed by atoms with van der Waals surface area (Å²) in [4.78, 5) is 4.95. The minimum atomic E-state index is 0.953. The number of nitrogens with zero attached hydrogens (tertiary/aromatic N) is 3. The summed E-state index contributed by atoms with van der Waals surface area (Å²) in [7, 11) is 0. The third kappa shape index (κ3) is 4.46. The molecule has 0 atom stereocenters. The Hall–Kier alpha value is -7.36. The van der Waals surface area contributed by atoms with Crippen molar-refractivity contribution < 1.29 is 0 Å². The molecule has 1 aliphatic carbocycles. The fourth-order valence-electron chi connectivity index (χ4n) is 9.52. The first kappa shape index (κ1) is 31.0. The number of hydrogen-bond donors (Lipinski definition) is 0. The molecule has 3 heterocycles. The lowest BCUT2D eigenvalue weighted by Gasteiger charge is -2.31. The Bertz CT molecular complexity index is 3060. The van der Waals surface area contributed by atoms with Crippen LogP contribution in [-0.4, -0.2) is 4.57 Å². The van der Waals surface area contributed by atoms with Gasteiger partial charge in [0.25, 0.3) is 0 Å². The minimum absolute atomic E-state index is 0.953. The van der Waals surface area contributed by atoms with Crippen LogP contribution in [0.5, 0.6) is 0 Å². The van der Waals surface area contributed by atoms with Crippen LogP contribution in [0.4, 0.5) is 34.1 Å². The highest BCUT2D eigenvalue weighted by atomic mass is 15.2. The number of hydrogen-bond acceptors (Lipinski definition) is 2. The summed E-state index contributed by atoms with van der Waals surface area (Å²) in [6, 6.07) is 69.0. The van der Waals surface area contributed by atoms with Crippen LogP contribution in [0.1, 0.15) is 22.3 Å². The topological polar surface area (TPSA) is 11.4 Å². The number of anilines is 6. The lowest BCUT2D eigenvalue weighted by molar-refractivity contribution is 1.13. The molecule has 3 nitrogen and oxygen atoms in total. The maximum Gasteiger partial charge on any atom is 0.0641 e. The fraction of sp³-hybridized carbons (Fsp3) is 0.0189. The van der Waals surface area contributed by atoms with Crippen LogP contribution in [0, 0.1) is 0 Å². The number of rotatable bonds is 3.